The highest BCUT2D eigenvalue weighted by atomic mass is 19.1. The number of anilines is 2. The first-order valence-corrected chi connectivity index (χ1v) is 7.88. The summed E-state index contributed by atoms with van der Waals surface area (Å²) in [6.07, 6.45) is 0.181. The van der Waals surface area contributed by atoms with Gasteiger partial charge in [-0.1, -0.05) is 12.1 Å². The van der Waals surface area contributed by atoms with Crippen LogP contribution in [0.1, 0.15) is 17.5 Å². The van der Waals surface area contributed by atoms with Gasteiger partial charge < -0.3 is 10.2 Å². The normalized spacial score (nSPS) is 17.2. The van der Waals surface area contributed by atoms with Crippen molar-refractivity contribution >= 4 is 23.2 Å². The molecule has 0 aromatic heterocycles. The maximum Gasteiger partial charge on any atom is 0.229 e. The highest BCUT2D eigenvalue weighted by Gasteiger charge is 2.35. The van der Waals surface area contributed by atoms with E-state index >= 15 is 0 Å². The van der Waals surface area contributed by atoms with Crippen molar-refractivity contribution in [1.82, 2.24) is 0 Å². The van der Waals surface area contributed by atoms with E-state index in [-0.39, 0.29) is 24.1 Å². The van der Waals surface area contributed by atoms with Gasteiger partial charge in [0.2, 0.25) is 11.8 Å². The molecule has 3 rings (SSSR count). The molecule has 1 aliphatic heterocycles. The number of hydrogen-bond acceptors (Lipinski definition) is 2. The first-order valence-electron chi connectivity index (χ1n) is 7.88. The standard InChI is InChI=1S/C19H19FN2O2/c1-12-3-4-13(2)17(9-12)22-11-14(10-18(22)23)19(24)21-16-7-5-15(20)6-8-16/h3-9,14H,10-11H2,1-2H3,(H,21,24)/t14-/m1/s1. The molecule has 0 unspecified atom stereocenters. The van der Waals surface area contributed by atoms with Gasteiger partial charge in [0.05, 0.1) is 5.92 Å². The van der Waals surface area contributed by atoms with Crippen molar-refractivity contribution in [1.29, 1.82) is 0 Å². The van der Waals surface area contributed by atoms with E-state index in [4.69, 9.17) is 0 Å². The number of rotatable bonds is 3. The van der Waals surface area contributed by atoms with Crippen molar-refractivity contribution in [3.63, 3.8) is 0 Å². The van der Waals surface area contributed by atoms with Gasteiger partial charge in [-0.2, -0.15) is 0 Å². The third-order valence-electron chi connectivity index (χ3n) is 4.26. The summed E-state index contributed by atoms with van der Waals surface area (Å²) in [7, 11) is 0. The second-order valence-electron chi connectivity index (χ2n) is 6.19. The average Bonchev–Trinajstić information content (AvgIpc) is 2.94. The summed E-state index contributed by atoms with van der Waals surface area (Å²) >= 11 is 0. The summed E-state index contributed by atoms with van der Waals surface area (Å²) in [4.78, 5) is 26.4. The predicted molar refractivity (Wildman–Crippen MR) is 91.4 cm³/mol. The fraction of sp³-hybridized carbons (Fsp3) is 0.263. The minimum atomic E-state index is -0.414. The van der Waals surface area contributed by atoms with E-state index in [0.29, 0.717) is 12.2 Å². The predicted octanol–water partition coefficient (Wildman–Crippen LogP) is 3.43. The highest BCUT2D eigenvalue weighted by Crippen LogP contribution is 2.29. The lowest BCUT2D eigenvalue weighted by atomic mass is 10.1. The second-order valence-corrected chi connectivity index (χ2v) is 6.19. The first-order chi connectivity index (χ1) is 11.4. The van der Waals surface area contributed by atoms with Crippen LogP contribution < -0.4 is 10.2 Å². The van der Waals surface area contributed by atoms with Crippen LogP contribution in [-0.4, -0.2) is 18.4 Å². The van der Waals surface area contributed by atoms with Gasteiger partial charge >= 0.3 is 0 Å². The fourth-order valence-corrected chi connectivity index (χ4v) is 2.90. The van der Waals surface area contributed by atoms with E-state index in [1.54, 1.807) is 4.90 Å². The summed E-state index contributed by atoms with van der Waals surface area (Å²) in [6, 6.07) is 11.5. The van der Waals surface area contributed by atoms with E-state index in [1.807, 2.05) is 32.0 Å². The molecule has 1 fully saturated rings. The number of nitrogens with zero attached hydrogens (tertiary/aromatic N) is 1. The molecule has 1 atom stereocenters. The van der Waals surface area contributed by atoms with E-state index in [9.17, 15) is 14.0 Å². The summed E-state index contributed by atoms with van der Waals surface area (Å²) in [6.45, 7) is 4.28. The molecule has 0 spiro atoms. The topological polar surface area (TPSA) is 49.4 Å². The number of amides is 2. The fourth-order valence-electron chi connectivity index (χ4n) is 2.90. The monoisotopic (exact) mass is 326 g/mol. The van der Waals surface area contributed by atoms with Crippen molar-refractivity contribution in [2.45, 2.75) is 20.3 Å². The van der Waals surface area contributed by atoms with Crippen LogP contribution in [0.4, 0.5) is 15.8 Å². The summed E-state index contributed by atoms with van der Waals surface area (Å²) < 4.78 is 12.9. The number of carbonyl (C=O) groups excluding carboxylic acids is 2. The minimum absolute atomic E-state index is 0.0528. The second kappa shape index (κ2) is 6.43. The molecule has 2 aromatic rings. The molecule has 0 bridgehead atoms. The van der Waals surface area contributed by atoms with E-state index in [2.05, 4.69) is 5.32 Å². The molecular formula is C19H19FN2O2. The Kier molecular flexibility index (Phi) is 4.34. The van der Waals surface area contributed by atoms with Crippen LogP contribution in [0.3, 0.4) is 0 Å². The number of benzene rings is 2. The Balaban J connectivity index is 1.73. The smallest absolute Gasteiger partial charge is 0.229 e. The molecule has 1 aliphatic rings. The molecule has 1 N–H and O–H groups in total. The quantitative estimate of drug-likeness (QED) is 0.939. The highest BCUT2D eigenvalue weighted by molar-refractivity contribution is 6.03. The summed E-state index contributed by atoms with van der Waals surface area (Å²) in [5.41, 5.74) is 3.47. The van der Waals surface area contributed by atoms with Crippen molar-refractivity contribution < 1.29 is 14.0 Å². The maximum absolute atomic E-state index is 12.9. The molecule has 0 saturated carbocycles. The Morgan fingerprint density at radius 1 is 1.17 bits per heavy atom. The van der Waals surface area contributed by atoms with Gasteiger partial charge in [-0.25, -0.2) is 4.39 Å². The lowest BCUT2D eigenvalue weighted by Gasteiger charge is -2.19. The molecule has 2 aromatic carbocycles. The molecule has 5 heteroatoms. The molecule has 124 valence electrons. The Morgan fingerprint density at radius 3 is 2.58 bits per heavy atom. The first kappa shape index (κ1) is 16.2. The summed E-state index contributed by atoms with van der Waals surface area (Å²) in [5, 5.41) is 2.75. The van der Waals surface area contributed by atoms with Gasteiger partial charge in [0.15, 0.2) is 0 Å². The van der Waals surface area contributed by atoms with Crippen LogP contribution in [0.25, 0.3) is 0 Å². The Hall–Kier alpha value is -2.69. The third-order valence-corrected chi connectivity index (χ3v) is 4.26. The van der Waals surface area contributed by atoms with Crippen molar-refractivity contribution in [2.24, 2.45) is 5.92 Å². The lowest BCUT2D eigenvalue weighted by Crippen LogP contribution is -2.28. The van der Waals surface area contributed by atoms with Crippen LogP contribution in [0.2, 0.25) is 0 Å². The average molecular weight is 326 g/mol. The van der Waals surface area contributed by atoms with Crippen molar-refractivity contribution in [2.75, 3.05) is 16.8 Å². The molecule has 0 radical (unpaired) electrons. The van der Waals surface area contributed by atoms with E-state index in [0.717, 1.165) is 16.8 Å². The number of halogens is 1. The van der Waals surface area contributed by atoms with E-state index in [1.165, 1.54) is 24.3 Å². The van der Waals surface area contributed by atoms with Crippen LogP contribution >= 0.6 is 0 Å². The van der Waals surface area contributed by atoms with Gasteiger partial charge in [0, 0.05) is 24.3 Å². The molecule has 0 aliphatic carbocycles. The Labute approximate surface area is 140 Å². The Bertz CT molecular complexity index is 786. The van der Waals surface area contributed by atoms with Crippen LogP contribution in [0.15, 0.2) is 42.5 Å². The van der Waals surface area contributed by atoms with Crippen molar-refractivity contribution in [3.05, 3.63) is 59.4 Å². The van der Waals surface area contributed by atoms with Gasteiger partial charge in [0.1, 0.15) is 5.82 Å². The number of aryl methyl sites for hydroxylation is 2. The van der Waals surface area contributed by atoms with E-state index < -0.39 is 5.92 Å². The molecule has 1 heterocycles. The Morgan fingerprint density at radius 2 is 1.88 bits per heavy atom. The zero-order valence-corrected chi connectivity index (χ0v) is 13.7. The lowest BCUT2D eigenvalue weighted by molar-refractivity contribution is -0.122. The number of hydrogen-bond donors (Lipinski definition) is 1. The third kappa shape index (κ3) is 3.30. The number of carbonyl (C=O) groups is 2. The number of nitrogens with one attached hydrogen (secondary N) is 1. The SMILES string of the molecule is Cc1ccc(C)c(N2C[C@H](C(=O)Nc3ccc(F)cc3)CC2=O)c1. The molecule has 1 saturated heterocycles. The van der Waals surface area contributed by atoms with Crippen molar-refractivity contribution in [3.8, 4) is 0 Å². The zero-order valence-electron chi connectivity index (χ0n) is 13.7. The summed E-state index contributed by atoms with van der Waals surface area (Å²) in [5.74, 6) is -1.04. The van der Waals surface area contributed by atoms with Gasteiger partial charge in [-0.15, -0.1) is 0 Å². The maximum atomic E-state index is 12.9. The van der Waals surface area contributed by atoms with Gasteiger partial charge in [-0.3, -0.25) is 9.59 Å². The molecule has 24 heavy (non-hydrogen) atoms. The van der Waals surface area contributed by atoms with Gasteiger partial charge in [0.25, 0.3) is 0 Å². The molecular weight excluding hydrogens is 307 g/mol. The van der Waals surface area contributed by atoms with Crippen LogP contribution in [0.5, 0.6) is 0 Å². The van der Waals surface area contributed by atoms with Crippen LogP contribution in [0, 0.1) is 25.6 Å². The largest absolute Gasteiger partial charge is 0.326 e. The molecule has 2 amide bonds. The van der Waals surface area contributed by atoms with Gasteiger partial charge in [-0.05, 0) is 55.3 Å². The molecule has 4 nitrogen and oxygen atoms in total. The van der Waals surface area contributed by atoms with Crippen LogP contribution in [-0.2, 0) is 9.59 Å². The minimum Gasteiger partial charge on any atom is -0.326 e. The zero-order chi connectivity index (χ0) is 17.3.